The Kier molecular flexibility index (Phi) is 4.42. The van der Waals surface area contributed by atoms with E-state index in [1.165, 1.54) is 10.4 Å². The first kappa shape index (κ1) is 15.1. The zero-order valence-electron chi connectivity index (χ0n) is 10.7. The molecule has 1 saturated heterocycles. The van der Waals surface area contributed by atoms with E-state index in [4.69, 9.17) is 23.2 Å². The van der Waals surface area contributed by atoms with Crippen LogP contribution < -0.4 is 5.32 Å². The highest BCUT2D eigenvalue weighted by Gasteiger charge is 2.34. The maximum atomic E-state index is 12.7. The van der Waals surface area contributed by atoms with Crippen molar-refractivity contribution in [3.8, 4) is 0 Å². The Morgan fingerprint density at radius 3 is 2.68 bits per heavy atom. The summed E-state index contributed by atoms with van der Waals surface area (Å²) in [5.74, 6) is 0. The highest BCUT2D eigenvalue weighted by Crippen LogP contribution is 2.32. The summed E-state index contributed by atoms with van der Waals surface area (Å²) in [7, 11) is -3.62. The Hall–Kier alpha value is -0.330. The van der Waals surface area contributed by atoms with Gasteiger partial charge in [-0.25, -0.2) is 8.42 Å². The summed E-state index contributed by atoms with van der Waals surface area (Å²) in [6.45, 7) is 4.87. The molecular weight excluding hydrogens is 307 g/mol. The molecule has 2 unspecified atom stereocenters. The van der Waals surface area contributed by atoms with Crippen LogP contribution in [0.2, 0.25) is 10.0 Å². The van der Waals surface area contributed by atoms with Gasteiger partial charge in [-0.2, -0.15) is 4.31 Å². The van der Waals surface area contributed by atoms with Crippen LogP contribution in [0.25, 0.3) is 0 Å². The molecule has 1 heterocycles. The molecule has 0 amide bonds. The number of nitrogens with one attached hydrogen (secondary N) is 1. The Bertz CT molecular complexity index is 577. The molecule has 1 aromatic rings. The molecule has 19 heavy (non-hydrogen) atoms. The minimum absolute atomic E-state index is 0.0719. The summed E-state index contributed by atoms with van der Waals surface area (Å²) >= 11 is 11.9. The number of nitrogens with zero attached hydrogens (tertiary/aromatic N) is 1. The molecule has 0 saturated carbocycles. The molecular formula is C12H16Cl2N2O2S. The minimum atomic E-state index is -3.62. The molecule has 1 aliphatic heterocycles. The van der Waals surface area contributed by atoms with Crippen LogP contribution in [0.1, 0.15) is 13.8 Å². The first-order valence-electron chi connectivity index (χ1n) is 6.03. The Morgan fingerprint density at radius 2 is 2.00 bits per heavy atom. The Balaban J connectivity index is 2.44. The summed E-state index contributed by atoms with van der Waals surface area (Å²) in [5, 5.41) is 3.58. The van der Waals surface area contributed by atoms with Crippen molar-refractivity contribution in [3.05, 3.63) is 28.2 Å². The summed E-state index contributed by atoms with van der Waals surface area (Å²) < 4.78 is 26.8. The number of sulfonamides is 1. The van der Waals surface area contributed by atoms with E-state index in [1.54, 1.807) is 12.1 Å². The van der Waals surface area contributed by atoms with Crippen LogP contribution in [-0.2, 0) is 10.0 Å². The standard InChI is InChI=1S/C12H16Cl2N2O2S/c1-8-7-16(9(2)6-15-8)19(17,18)11-5-3-4-10(13)12(11)14/h3-5,8-9,15H,6-7H2,1-2H3. The van der Waals surface area contributed by atoms with Gasteiger partial charge in [0.2, 0.25) is 10.0 Å². The van der Waals surface area contributed by atoms with Gasteiger partial charge in [-0.3, -0.25) is 0 Å². The molecule has 1 N–H and O–H groups in total. The highest BCUT2D eigenvalue weighted by molar-refractivity contribution is 7.89. The van der Waals surface area contributed by atoms with Crippen LogP contribution >= 0.6 is 23.2 Å². The van der Waals surface area contributed by atoms with Crippen molar-refractivity contribution in [2.75, 3.05) is 13.1 Å². The fraction of sp³-hybridized carbons (Fsp3) is 0.500. The van der Waals surface area contributed by atoms with Crippen molar-refractivity contribution in [1.82, 2.24) is 9.62 Å². The SMILES string of the molecule is CC1CN(S(=O)(=O)c2cccc(Cl)c2Cl)C(C)CN1. The van der Waals surface area contributed by atoms with Gasteiger partial charge in [0.25, 0.3) is 0 Å². The van der Waals surface area contributed by atoms with Gasteiger partial charge < -0.3 is 5.32 Å². The molecule has 1 aromatic carbocycles. The van der Waals surface area contributed by atoms with Crippen molar-refractivity contribution in [2.24, 2.45) is 0 Å². The van der Waals surface area contributed by atoms with Crippen molar-refractivity contribution in [2.45, 2.75) is 30.8 Å². The average Bonchev–Trinajstić information content (AvgIpc) is 2.35. The summed E-state index contributed by atoms with van der Waals surface area (Å²) in [6.07, 6.45) is 0. The monoisotopic (exact) mass is 322 g/mol. The van der Waals surface area contributed by atoms with E-state index in [0.29, 0.717) is 13.1 Å². The van der Waals surface area contributed by atoms with E-state index in [0.717, 1.165) is 0 Å². The fourth-order valence-electron chi connectivity index (χ4n) is 2.13. The summed E-state index contributed by atoms with van der Waals surface area (Å²) in [6, 6.07) is 4.66. The molecule has 0 aromatic heterocycles. The summed E-state index contributed by atoms with van der Waals surface area (Å²) in [5.41, 5.74) is 0. The first-order chi connectivity index (χ1) is 8.84. The predicted octanol–water partition coefficient (Wildman–Crippen LogP) is 2.36. The van der Waals surface area contributed by atoms with E-state index < -0.39 is 10.0 Å². The van der Waals surface area contributed by atoms with Crippen molar-refractivity contribution < 1.29 is 8.42 Å². The predicted molar refractivity (Wildman–Crippen MR) is 77.3 cm³/mol. The van der Waals surface area contributed by atoms with Gasteiger partial charge in [-0.15, -0.1) is 0 Å². The highest BCUT2D eigenvalue weighted by atomic mass is 35.5. The molecule has 1 fully saturated rings. The molecule has 1 aliphatic rings. The number of halogens is 2. The maximum absolute atomic E-state index is 12.7. The summed E-state index contributed by atoms with van der Waals surface area (Å²) in [4.78, 5) is 0.0719. The van der Waals surface area contributed by atoms with E-state index in [1.807, 2.05) is 13.8 Å². The average molecular weight is 323 g/mol. The molecule has 2 rings (SSSR count). The van der Waals surface area contributed by atoms with Gasteiger partial charge in [0.1, 0.15) is 4.90 Å². The minimum Gasteiger partial charge on any atom is -0.311 e. The second kappa shape index (κ2) is 5.58. The largest absolute Gasteiger partial charge is 0.311 e. The van der Waals surface area contributed by atoms with Crippen molar-refractivity contribution >= 4 is 33.2 Å². The van der Waals surface area contributed by atoms with E-state index >= 15 is 0 Å². The molecule has 0 radical (unpaired) electrons. The molecule has 0 bridgehead atoms. The molecule has 2 atom stereocenters. The third kappa shape index (κ3) is 2.90. The lowest BCUT2D eigenvalue weighted by molar-refractivity contribution is 0.244. The van der Waals surface area contributed by atoms with Crippen molar-refractivity contribution in [3.63, 3.8) is 0 Å². The van der Waals surface area contributed by atoms with Gasteiger partial charge in [0, 0.05) is 25.2 Å². The number of benzene rings is 1. The van der Waals surface area contributed by atoms with Gasteiger partial charge in [-0.1, -0.05) is 29.3 Å². The van der Waals surface area contributed by atoms with E-state index in [2.05, 4.69) is 5.32 Å². The first-order valence-corrected chi connectivity index (χ1v) is 8.23. The normalized spacial score (nSPS) is 25.5. The van der Waals surface area contributed by atoms with Crippen molar-refractivity contribution in [1.29, 1.82) is 0 Å². The van der Waals surface area contributed by atoms with Gasteiger partial charge in [0.05, 0.1) is 10.0 Å². The Labute approximate surface area is 123 Å². The van der Waals surface area contributed by atoms with Crippen LogP contribution in [0.3, 0.4) is 0 Å². The van der Waals surface area contributed by atoms with Crippen LogP contribution in [0.4, 0.5) is 0 Å². The van der Waals surface area contributed by atoms with Crippen LogP contribution in [-0.4, -0.2) is 37.9 Å². The third-order valence-corrected chi connectivity index (χ3v) is 6.16. The smallest absolute Gasteiger partial charge is 0.244 e. The van der Waals surface area contributed by atoms with Crippen LogP contribution in [0, 0.1) is 0 Å². The number of hydrogen-bond acceptors (Lipinski definition) is 3. The van der Waals surface area contributed by atoms with Gasteiger partial charge >= 0.3 is 0 Å². The molecule has 106 valence electrons. The fourth-order valence-corrected chi connectivity index (χ4v) is 4.59. The lowest BCUT2D eigenvalue weighted by Crippen LogP contribution is -2.56. The topological polar surface area (TPSA) is 49.4 Å². The quantitative estimate of drug-likeness (QED) is 0.909. The third-order valence-electron chi connectivity index (χ3n) is 3.21. The van der Waals surface area contributed by atoms with Crippen LogP contribution in [0.15, 0.2) is 23.1 Å². The molecule has 7 heteroatoms. The zero-order valence-corrected chi connectivity index (χ0v) is 13.1. The lowest BCUT2D eigenvalue weighted by Gasteiger charge is -2.36. The second-order valence-electron chi connectivity index (χ2n) is 4.78. The van der Waals surface area contributed by atoms with Gasteiger partial charge in [0.15, 0.2) is 0 Å². The Morgan fingerprint density at radius 1 is 1.32 bits per heavy atom. The second-order valence-corrected chi connectivity index (χ2v) is 7.43. The van der Waals surface area contributed by atoms with E-state index in [9.17, 15) is 8.42 Å². The van der Waals surface area contributed by atoms with E-state index in [-0.39, 0.29) is 27.0 Å². The maximum Gasteiger partial charge on any atom is 0.244 e. The lowest BCUT2D eigenvalue weighted by atomic mass is 10.2. The zero-order chi connectivity index (χ0) is 14.2. The van der Waals surface area contributed by atoms with Crippen LogP contribution in [0.5, 0.6) is 0 Å². The number of piperazine rings is 1. The number of hydrogen-bond donors (Lipinski definition) is 1. The molecule has 0 aliphatic carbocycles. The van der Waals surface area contributed by atoms with Gasteiger partial charge in [-0.05, 0) is 26.0 Å². The molecule has 0 spiro atoms. The number of rotatable bonds is 2. The molecule has 4 nitrogen and oxygen atoms in total.